The number of aliphatic hydroxyl groups is 1. The lowest BCUT2D eigenvalue weighted by Gasteiger charge is -2.07. The van der Waals surface area contributed by atoms with Gasteiger partial charge in [-0.25, -0.2) is 17.8 Å². The molecule has 1 aromatic carbocycles. The zero-order valence-electron chi connectivity index (χ0n) is 10.6. The van der Waals surface area contributed by atoms with Crippen LogP contribution in [0.25, 0.3) is 0 Å². The van der Waals surface area contributed by atoms with E-state index in [4.69, 9.17) is 5.11 Å². The smallest absolute Gasteiger partial charge is 0.260 e. The molecule has 7 nitrogen and oxygen atoms in total. The fraction of sp³-hybridized carbons (Fsp3) is 0.273. The van der Waals surface area contributed by atoms with Gasteiger partial charge in [0.05, 0.1) is 6.61 Å². The highest BCUT2D eigenvalue weighted by molar-refractivity contribution is 9.10. The van der Waals surface area contributed by atoms with E-state index in [1.165, 1.54) is 11.7 Å². The molecule has 0 radical (unpaired) electrons. The summed E-state index contributed by atoms with van der Waals surface area (Å²) in [6.07, 6.45) is 0. The molecular weight excluding hydrogens is 348 g/mol. The molecule has 20 heavy (non-hydrogen) atoms. The number of aromatic nitrogens is 3. The van der Waals surface area contributed by atoms with E-state index in [-0.39, 0.29) is 22.8 Å². The van der Waals surface area contributed by atoms with Crippen LogP contribution in [-0.4, -0.2) is 28.5 Å². The Labute approximate surface area is 124 Å². The molecular formula is C11H13BrN4O3S. The molecule has 2 N–H and O–H groups in total. The van der Waals surface area contributed by atoms with Crippen LogP contribution < -0.4 is 4.72 Å². The second kappa shape index (κ2) is 6.00. The first kappa shape index (κ1) is 15.1. The van der Waals surface area contributed by atoms with Crippen LogP contribution in [0.5, 0.6) is 0 Å². The largest absolute Gasteiger partial charge is 0.392 e. The van der Waals surface area contributed by atoms with Crippen molar-refractivity contribution in [1.82, 2.24) is 19.7 Å². The fourth-order valence-electron chi connectivity index (χ4n) is 1.62. The SMILES string of the molecule is Cn1nnc(Br)c1S(=O)(=O)NCc1ccc(CO)cc1. The zero-order valence-corrected chi connectivity index (χ0v) is 13.0. The van der Waals surface area contributed by atoms with Crippen LogP contribution in [0.4, 0.5) is 0 Å². The van der Waals surface area contributed by atoms with Gasteiger partial charge < -0.3 is 5.11 Å². The summed E-state index contributed by atoms with van der Waals surface area (Å²) in [4.78, 5) is 0. The van der Waals surface area contributed by atoms with Gasteiger partial charge in [0.15, 0.2) is 4.60 Å². The topological polar surface area (TPSA) is 97.1 Å². The van der Waals surface area contributed by atoms with Crippen LogP contribution in [0.15, 0.2) is 33.9 Å². The summed E-state index contributed by atoms with van der Waals surface area (Å²) in [5.41, 5.74) is 1.56. The first-order valence-corrected chi connectivity index (χ1v) is 7.95. The summed E-state index contributed by atoms with van der Waals surface area (Å²) >= 11 is 3.06. The minimum Gasteiger partial charge on any atom is -0.392 e. The second-order valence-corrected chi connectivity index (χ2v) is 6.54. The maximum atomic E-state index is 12.1. The highest BCUT2D eigenvalue weighted by Crippen LogP contribution is 2.17. The van der Waals surface area contributed by atoms with E-state index in [9.17, 15) is 8.42 Å². The molecule has 0 atom stereocenters. The van der Waals surface area contributed by atoms with Gasteiger partial charge in [0.25, 0.3) is 10.0 Å². The highest BCUT2D eigenvalue weighted by atomic mass is 79.9. The molecule has 0 fully saturated rings. The van der Waals surface area contributed by atoms with Crippen LogP contribution >= 0.6 is 15.9 Å². The molecule has 9 heteroatoms. The van der Waals surface area contributed by atoms with Crippen molar-refractivity contribution in [3.8, 4) is 0 Å². The number of aryl methyl sites for hydroxylation is 1. The molecule has 0 aliphatic rings. The standard InChI is InChI=1S/C11H13BrN4O3S/c1-16-11(10(12)14-15-16)20(18,19)13-6-8-2-4-9(7-17)5-3-8/h2-5,13,17H,6-7H2,1H3. The summed E-state index contributed by atoms with van der Waals surface area (Å²) in [6, 6.07) is 6.99. The van der Waals surface area contributed by atoms with Crippen molar-refractivity contribution in [2.24, 2.45) is 7.05 Å². The molecule has 2 aromatic rings. The number of sulfonamides is 1. The van der Waals surface area contributed by atoms with Gasteiger partial charge in [-0.15, -0.1) is 5.10 Å². The number of halogens is 1. The van der Waals surface area contributed by atoms with E-state index in [2.05, 4.69) is 31.0 Å². The van der Waals surface area contributed by atoms with Crippen molar-refractivity contribution in [3.63, 3.8) is 0 Å². The maximum absolute atomic E-state index is 12.1. The van der Waals surface area contributed by atoms with E-state index in [1.54, 1.807) is 24.3 Å². The Kier molecular flexibility index (Phi) is 4.53. The molecule has 0 spiro atoms. The number of hydrogen-bond acceptors (Lipinski definition) is 5. The Morgan fingerprint density at radius 3 is 2.40 bits per heavy atom. The quantitative estimate of drug-likeness (QED) is 0.811. The summed E-state index contributed by atoms with van der Waals surface area (Å²) in [7, 11) is -2.20. The van der Waals surface area contributed by atoms with Gasteiger partial charge >= 0.3 is 0 Å². The first-order chi connectivity index (χ1) is 9.44. The van der Waals surface area contributed by atoms with Crippen molar-refractivity contribution in [1.29, 1.82) is 0 Å². The van der Waals surface area contributed by atoms with Gasteiger partial charge in [0, 0.05) is 13.6 Å². The molecule has 1 heterocycles. The number of hydrogen-bond donors (Lipinski definition) is 2. The minimum absolute atomic E-state index is 0.0236. The van der Waals surface area contributed by atoms with Gasteiger partial charge in [-0.05, 0) is 27.1 Å². The highest BCUT2D eigenvalue weighted by Gasteiger charge is 2.23. The third-order valence-electron chi connectivity index (χ3n) is 2.66. The second-order valence-electron chi connectivity index (χ2n) is 4.11. The van der Waals surface area contributed by atoms with Gasteiger partial charge in [-0.1, -0.05) is 29.5 Å². The van der Waals surface area contributed by atoms with E-state index in [0.29, 0.717) is 0 Å². The normalized spacial score (nSPS) is 11.8. The maximum Gasteiger partial charge on any atom is 0.260 e. The summed E-state index contributed by atoms with van der Waals surface area (Å²) in [5.74, 6) is 0. The lowest BCUT2D eigenvalue weighted by atomic mass is 10.1. The molecule has 0 aliphatic heterocycles. The van der Waals surface area contributed by atoms with Gasteiger partial charge in [-0.2, -0.15) is 0 Å². The monoisotopic (exact) mass is 360 g/mol. The Morgan fingerprint density at radius 1 is 1.30 bits per heavy atom. The Hall–Kier alpha value is -1.29. The van der Waals surface area contributed by atoms with Crippen molar-refractivity contribution in [3.05, 3.63) is 40.0 Å². The van der Waals surface area contributed by atoms with Crippen molar-refractivity contribution in [2.75, 3.05) is 0 Å². The average Bonchev–Trinajstić information content (AvgIpc) is 2.77. The summed E-state index contributed by atoms with van der Waals surface area (Å²) < 4.78 is 28.1. The van der Waals surface area contributed by atoms with E-state index < -0.39 is 10.0 Å². The minimum atomic E-state index is -3.70. The van der Waals surface area contributed by atoms with E-state index >= 15 is 0 Å². The number of rotatable bonds is 5. The Bertz CT molecular complexity index is 677. The molecule has 2 rings (SSSR count). The van der Waals surface area contributed by atoms with Crippen LogP contribution in [-0.2, 0) is 30.2 Å². The average molecular weight is 361 g/mol. The van der Waals surface area contributed by atoms with Crippen molar-refractivity contribution < 1.29 is 13.5 Å². The molecule has 108 valence electrons. The fourth-order valence-corrected chi connectivity index (χ4v) is 3.72. The zero-order chi connectivity index (χ0) is 14.8. The van der Waals surface area contributed by atoms with Crippen LogP contribution in [0, 0.1) is 0 Å². The first-order valence-electron chi connectivity index (χ1n) is 5.67. The molecule has 0 aliphatic carbocycles. The van der Waals surface area contributed by atoms with Crippen LogP contribution in [0.3, 0.4) is 0 Å². The van der Waals surface area contributed by atoms with E-state index in [0.717, 1.165) is 11.1 Å². The molecule has 0 saturated heterocycles. The number of benzene rings is 1. The molecule has 0 bridgehead atoms. The van der Waals surface area contributed by atoms with Gasteiger partial charge in [-0.3, -0.25) is 0 Å². The van der Waals surface area contributed by atoms with Crippen molar-refractivity contribution in [2.45, 2.75) is 18.2 Å². The van der Waals surface area contributed by atoms with Gasteiger partial charge in [0.1, 0.15) is 0 Å². The lowest BCUT2D eigenvalue weighted by Crippen LogP contribution is -2.25. The number of aliphatic hydroxyl groups excluding tert-OH is 1. The lowest BCUT2D eigenvalue weighted by molar-refractivity contribution is 0.282. The molecule has 0 amide bonds. The Morgan fingerprint density at radius 2 is 1.90 bits per heavy atom. The van der Waals surface area contributed by atoms with E-state index in [1.807, 2.05) is 0 Å². The number of nitrogens with zero attached hydrogens (tertiary/aromatic N) is 3. The molecule has 0 unspecified atom stereocenters. The predicted octanol–water partition coefficient (Wildman–Crippen LogP) is 0.548. The van der Waals surface area contributed by atoms with Gasteiger partial charge in [0.2, 0.25) is 5.03 Å². The summed E-state index contributed by atoms with van der Waals surface area (Å²) in [5, 5.41) is 16.2. The third-order valence-corrected chi connectivity index (χ3v) is 4.95. The number of nitrogens with one attached hydrogen (secondary N) is 1. The van der Waals surface area contributed by atoms with Crippen LogP contribution in [0.2, 0.25) is 0 Å². The van der Waals surface area contributed by atoms with Crippen molar-refractivity contribution >= 4 is 26.0 Å². The summed E-state index contributed by atoms with van der Waals surface area (Å²) in [6.45, 7) is 0.102. The molecule has 0 saturated carbocycles. The van der Waals surface area contributed by atoms with Crippen LogP contribution in [0.1, 0.15) is 11.1 Å². The Balaban J connectivity index is 2.13. The third kappa shape index (κ3) is 3.23. The predicted molar refractivity (Wildman–Crippen MR) is 75.1 cm³/mol. The molecule has 1 aromatic heterocycles.